The molecule has 5 heteroatoms. The normalized spacial score (nSPS) is 14.7. The molecule has 0 atom stereocenters. The summed E-state index contributed by atoms with van der Waals surface area (Å²) < 4.78 is 0. The molecular formula is C21H24N2O3. The zero-order chi connectivity index (χ0) is 18.5. The second-order valence-corrected chi connectivity index (χ2v) is 6.85. The Morgan fingerprint density at radius 2 is 1.69 bits per heavy atom. The first kappa shape index (κ1) is 18.0. The molecule has 2 aromatic carbocycles. The standard InChI is InChI=1S/C21H24N2O3/c1-14-7-12-18(23-21(26)22-17-5-3-2-4-6-17)13-19(14)15-8-10-16(11-9-15)20(24)25/h7-13,17H,2-6H2,1H3,(H,24,25)(H2,22,23,26). The first-order valence-electron chi connectivity index (χ1n) is 9.05. The number of carboxylic acid groups (broad SMARTS) is 1. The first-order valence-corrected chi connectivity index (χ1v) is 9.05. The van der Waals surface area contributed by atoms with Gasteiger partial charge in [0.1, 0.15) is 0 Å². The van der Waals surface area contributed by atoms with Gasteiger partial charge in [-0.3, -0.25) is 0 Å². The molecule has 0 radical (unpaired) electrons. The molecule has 0 heterocycles. The molecule has 0 spiro atoms. The van der Waals surface area contributed by atoms with Gasteiger partial charge in [0, 0.05) is 11.7 Å². The van der Waals surface area contributed by atoms with E-state index in [1.165, 1.54) is 19.3 Å². The Kier molecular flexibility index (Phi) is 5.56. The van der Waals surface area contributed by atoms with Crippen molar-refractivity contribution in [3.8, 4) is 11.1 Å². The smallest absolute Gasteiger partial charge is 0.335 e. The Balaban J connectivity index is 1.72. The number of carbonyl (C=O) groups excluding carboxylic acids is 1. The molecule has 2 aromatic rings. The summed E-state index contributed by atoms with van der Waals surface area (Å²) in [6.07, 6.45) is 5.69. The minimum absolute atomic E-state index is 0.173. The highest BCUT2D eigenvalue weighted by atomic mass is 16.4. The summed E-state index contributed by atoms with van der Waals surface area (Å²) in [5.41, 5.74) is 3.93. The number of nitrogens with one attached hydrogen (secondary N) is 2. The van der Waals surface area contributed by atoms with Gasteiger partial charge in [-0.1, -0.05) is 37.5 Å². The summed E-state index contributed by atoms with van der Waals surface area (Å²) in [6, 6.07) is 12.6. The van der Waals surface area contributed by atoms with Crippen LogP contribution in [-0.4, -0.2) is 23.1 Å². The molecular weight excluding hydrogens is 328 g/mol. The summed E-state index contributed by atoms with van der Waals surface area (Å²) in [7, 11) is 0. The van der Waals surface area contributed by atoms with E-state index in [9.17, 15) is 9.59 Å². The van der Waals surface area contributed by atoms with Crippen molar-refractivity contribution in [2.24, 2.45) is 0 Å². The van der Waals surface area contributed by atoms with Gasteiger partial charge >= 0.3 is 12.0 Å². The van der Waals surface area contributed by atoms with Crippen LogP contribution in [0.15, 0.2) is 42.5 Å². The van der Waals surface area contributed by atoms with Crippen LogP contribution in [0.1, 0.15) is 48.0 Å². The third kappa shape index (κ3) is 4.42. The third-order valence-corrected chi connectivity index (χ3v) is 4.88. The van der Waals surface area contributed by atoms with Gasteiger partial charge in [0.25, 0.3) is 0 Å². The van der Waals surface area contributed by atoms with Crippen LogP contribution in [0.2, 0.25) is 0 Å². The van der Waals surface area contributed by atoms with Crippen molar-refractivity contribution in [2.75, 3.05) is 5.32 Å². The number of aryl methyl sites for hydroxylation is 1. The Labute approximate surface area is 153 Å². The molecule has 1 aliphatic rings. The lowest BCUT2D eigenvalue weighted by molar-refractivity contribution is 0.0697. The fourth-order valence-electron chi connectivity index (χ4n) is 3.40. The minimum Gasteiger partial charge on any atom is -0.478 e. The van der Waals surface area contributed by atoms with Crippen molar-refractivity contribution >= 4 is 17.7 Å². The molecule has 2 amide bonds. The summed E-state index contributed by atoms with van der Waals surface area (Å²) in [5.74, 6) is -0.942. The Hall–Kier alpha value is -2.82. The van der Waals surface area contributed by atoms with Crippen molar-refractivity contribution in [1.82, 2.24) is 5.32 Å². The average molecular weight is 352 g/mol. The van der Waals surface area contributed by atoms with E-state index in [-0.39, 0.29) is 17.6 Å². The molecule has 3 rings (SSSR count). The van der Waals surface area contributed by atoms with E-state index in [1.807, 2.05) is 25.1 Å². The van der Waals surface area contributed by atoms with Crippen molar-refractivity contribution in [3.05, 3.63) is 53.6 Å². The summed E-state index contributed by atoms with van der Waals surface area (Å²) in [6.45, 7) is 1.99. The van der Waals surface area contributed by atoms with Crippen molar-refractivity contribution in [1.29, 1.82) is 0 Å². The highest BCUT2D eigenvalue weighted by Crippen LogP contribution is 2.27. The molecule has 0 bridgehead atoms. The third-order valence-electron chi connectivity index (χ3n) is 4.88. The van der Waals surface area contributed by atoms with E-state index in [4.69, 9.17) is 5.11 Å². The van der Waals surface area contributed by atoms with Crippen LogP contribution in [0, 0.1) is 6.92 Å². The highest BCUT2D eigenvalue weighted by molar-refractivity contribution is 5.91. The average Bonchev–Trinajstić information content (AvgIpc) is 2.64. The van der Waals surface area contributed by atoms with Gasteiger partial charge in [0.15, 0.2) is 0 Å². The van der Waals surface area contributed by atoms with Gasteiger partial charge in [-0.2, -0.15) is 0 Å². The van der Waals surface area contributed by atoms with Crippen molar-refractivity contribution in [3.63, 3.8) is 0 Å². The Morgan fingerprint density at radius 1 is 1.00 bits per heavy atom. The number of rotatable bonds is 4. The second-order valence-electron chi connectivity index (χ2n) is 6.85. The van der Waals surface area contributed by atoms with Crippen LogP contribution in [-0.2, 0) is 0 Å². The number of hydrogen-bond acceptors (Lipinski definition) is 2. The molecule has 1 aliphatic carbocycles. The fourth-order valence-corrected chi connectivity index (χ4v) is 3.40. The van der Waals surface area contributed by atoms with Gasteiger partial charge in [0.2, 0.25) is 0 Å². The zero-order valence-electron chi connectivity index (χ0n) is 14.9. The highest BCUT2D eigenvalue weighted by Gasteiger charge is 2.16. The molecule has 0 saturated heterocycles. The van der Waals surface area contributed by atoms with E-state index in [1.54, 1.807) is 24.3 Å². The minimum atomic E-state index is -0.942. The number of anilines is 1. The molecule has 0 aromatic heterocycles. The molecule has 1 fully saturated rings. The predicted molar refractivity (Wildman–Crippen MR) is 103 cm³/mol. The summed E-state index contributed by atoms with van der Waals surface area (Å²) in [5, 5.41) is 15.0. The quantitative estimate of drug-likeness (QED) is 0.738. The molecule has 3 N–H and O–H groups in total. The van der Waals surface area contributed by atoms with Gasteiger partial charge in [-0.05, 0) is 60.7 Å². The van der Waals surface area contributed by atoms with Crippen molar-refractivity contribution in [2.45, 2.75) is 45.1 Å². The molecule has 1 saturated carbocycles. The second kappa shape index (κ2) is 8.04. The SMILES string of the molecule is Cc1ccc(NC(=O)NC2CCCCC2)cc1-c1ccc(C(=O)O)cc1. The van der Waals surface area contributed by atoms with Crippen LogP contribution >= 0.6 is 0 Å². The van der Waals surface area contributed by atoms with Crippen LogP contribution in [0.5, 0.6) is 0 Å². The first-order chi connectivity index (χ1) is 12.5. The Morgan fingerprint density at radius 3 is 2.35 bits per heavy atom. The maximum absolute atomic E-state index is 12.2. The molecule has 0 unspecified atom stereocenters. The maximum Gasteiger partial charge on any atom is 0.335 e. The lowest BCUT2D eigenvalue weighted by atomic mass is 9.96. The largest absolute Gasteiger partial charge is 0.478 e. The van der Waals surface area contributed by atoms with E-state index in [0.29, 0.717) is 0 Å². The summed E-state index contributed by atoms with van der Waals surface area (Å²) in [4.78, 5) is 23.2. The Bertz CT molecular complexity index is 793. The monoisotopic (exact) mass is 352 g/mol. The van der Waals surface area contributed by atoms with Crippen molar-refractivity contribution < 1.29 is 14.7 Å². The van der Waals surface area contributed by atoms with Gasteiger partial charge in [-0.25, -0.2) is 9.59 Å². The maximum atomic E-state index is 12.2. The van der Waals surface area contributed by atoms with Crippen LogP contribution < -0.4 is 10.6 Å². The number of hydrogen-bond donors (Lipinski definition) is 3. The fraction of sp³-hybridized carbons (Fsp3) is 0.333. The topological polar surface area (TPSA) is 78.4 Å². The summed E-state index contributed by atoms with van der Waals surface area (Å²) >= 11 is 0. The van der Waals surface area contributed by atoms with Crippen LogP contribution in [0.3, 0.4) is 0 Å². The molecule has 0 aliphatic heterocycles. The van der Waals surface area contributed by atoms with E-state index >= 15 is 0 Å². The number of amides is 2. The van der Waals surface area contributed by atoms with E-state index in [0.717, 1.165) is 35.2 Å². The number of benzene rings is 2. The molecule has 5 nitrogen and oxygen atoms in total. The van der Waals surface area contributed by atoms with E-state index < -0.39 is 5.97 Å². The zero-order valence-corrected chi connectivity index (χ0v) is 14.9. The lowest BCUT2D eigenvalue weighted by Crippen LogP contribution is -2.39. The number of aromatic carboxylic acids is 1. The number of urea groups is 1. The van der Waals surface area contributed by atoms with Gasteiger partial charge in [0.05, 0.1) is 5.56 Å². The lowest BCUT2D eigenvalue weighted by Gasteiger charge is -2.23. The van der Waals surface area contributed by atoms with Gasteiger partial charge in [-0.15, -0.1) is 0 Å². The number of carbonyl (C=O) groups is 2. The predicted octanol–water partition coefficient (Wildman–Crippen LogP) is 4.81. The van der Waals surface area contributed by atoms with E-state index in [2.05, 4.69) is 10.6 Å². The molecule has 136 valence electrons. The number of carboxylic acids is 1. The van der Waals surface area contributed by atoms with Gasteiger partial charge < -0.3 is 15.7 Å². The molecule has 26 heavy (non-hydrogen) atoms. The van der Waals surface area contributed by atoms with Crippen LogP contribution in [0.4, 0.5) is 10.5 Å². The van der Waals surface area contributed by atoms with Crippen LogP contribution in [0.25, 0.3) is 11.1 Å².